The van der Waals surface area contributed by atoms with Gasteiger partial charge in [0.1, 0.15) is 16.5 Å². The number of hydrogen-bond donors (Lipinski definition) is 1. The SMILES string of the molecule is O=C(OCc1cc(-c2cccs2)on1)c1ccccc1NS(=O)(=O)c1cccs1. The molecule has 3 aromatic heterocycles. The van der Waals surface area contributed by atoms with E-state index in [0.29, 0.717) is 11.5 Å². The molecule has 3 heterocycles. The first-order valence-corrected chi connectivity index (χ1v) is 11.6. The quantitative estimate of drug-likeness (QED) is 0.416. The third kappa shape index (κ3) is 4.39. The minimum absolute atomic E-state index is 0.0975. The van der Waals surface area contributed by atoms with Crippen LogP contribution in [0.4, 0.5) is 5.69 Å². The molecular weight excluding hydrogens is 432 g/mol. The summed E-state index contributed by atoms with van der Waals surface area (Å²) in [5.41, 5.74) is 0.707. The van der Waals surface area contributed by atoms with Crippen molar-refractivity contribution >= 4 is 44.4 Å². The van der Waals surface area contributed by atoms with Crippen LogP contribution in [0.15, 0.2) is 74.1 Å². The first-order chi connectivity index (χ1) is 14.0. The molecule has 0 radical (unpaired) electrons. The molecule has 1 aromatic carbocycles. The molecule has 7 nitrogen and oxygen atoms in total. The molecule has 0 fully saturated rings. The number of anilines is 1. The molecule has 4 aromatic rings. The smallest absolute Gasteiger partial charge is 0.340 e. The maximum absolute atomic E-state index is 12.5. The molecular formula is C19H14N2O5S3. The molecule has 10 heteroatoms. The summed E-state index contributed by atoms with van der Waals surface area (Å²) in [7, 11) is -3.78. The molecule has 29 heavy (non-hydrogen) atoms. The molecule has 0 aliphatic carbocycles. The number of nitrogens with zero attached hydrogens (tertiary/aromatic N) is 1. The van der Waals surface area contributed by atoms with Crippen LogP contribution in [-0.2, 0) is 21.4 Å². The molecule has 0 saturated heterocycles. The second-order valence-corrected chi connectivity index (χ2v) is 9.62. The average Bonchev–Trinajstić information content (AvgIpc) is 3.48. The lowest BCUT2D eigenvalue weighted by atomic mass is 10.2. The number of carbonyl (C=O) groups excluding carboxylic acids is 1. The van der Waals surface area contributed by atoms with Gasteiger partial charge in [0.2, 0.25) is 0 Å². The third-order valence-electron chi connectivity index (χ3n) is 3.83. The fraction of sp³-hybridized carbons (Fsp3) is 0.0526. The molecule has 0 spiro atoms. The van der Waals surface area contributed by atoms with Gasteiger partial charge in [0.25, 0.3) is 10.0 Å². The van der Waals surface area contributed by atoms with E-state index in [-0.39, 0.29) is 22.1 Å². The lowest BCUT2D eigenvalue weighted by Crippen LogP contribution is -2.15. The van der Waals surface area contributed by atoms with Gasteiger partial charge in [0.05, 0.1) is 16.1 Å². The molecule has 4 rings (SSSR count). The Morgan fingerprint density at radius 2 is 1.86 bits per heavy atom. The maximum atomic E-state index is 12.5. The third-order valence-corrected chi connectivity index (χ3v) is 7.47. The number of carbonyl (C=O) groups is 1. The predicted octanol–water partition coefficient (Wildman–Crippen LogP) is 4.62. The van der Waals surface area contributed by atoms with Crippen LogP contribution in [0.3, 0.4) is 0 Å². The van der Waals surface area contributed by atoms with Crippen molar-refractivity contribution in [2.24, 2.45) is 0 Å². The number of aromatic nitrogens is 1. The van der Waals surface area contributed by atoms with Crippen molar-refractivity contribution in [3.63, 3.8) is 0 Å². The van der Waals surface area contributed by atoms with Crippen LogP contribution >= 0.6 is 22.7 Å². The fourth-order valence-corrected chi connectivity index (χ4v) is 5.24. The van der Waals surface area contributed by atoms with E-state index in [1.165, 1.54) is 29.5 Å². The standard InChI is InChI=1S/C19H14N2O5S3/c22-19(25-12-13-11-16(26-20-13)17-7-3-9-27-17)14-5-1-2-6-15(14)21-29(23,24)18-8-4-10-28-18/h1-11,21H,12H2. The summed E-state index contributed by atoms with van der Waals surface area (Å²) in [6, 6.07) is 14.9. The van der Waals surface area contributed by atoms with E-state index < -0.39 is 16.0 Å². The molecule has 0 amide bonds. The van der Waals surface area contributed by atoms with Gasteiger partial charge in [0, 0.05) is 6.07 Å². The van der Waals surface area contributed by atoms with Crippen molar-refractivity contribution in [2.45, 2.75) is 10.8 Å². The molecule has 0 aliphatic rings. The van der Waals surface area contributed by atoms with Crippen LogP contribution in [-0.4, -0.2) is 19.5 Å². The summed E-state index contributed by atoms with van der Waals surface area (Å²) in [5, 5.41) is 7.48. The summed E-state index contributed by atoms with van der Waals surface area (Å²) in [4.78, 5) is 13.5. The Hall–Kier alpha value is -2.95. The Bertz CT molecular complexity index is 1210. The number of rotatable bonds is 7. The highest BCUT2D eigenvalue weighted by atomic mass is 32.2. The zero-order valence-corrected chi connectivity index (χ0v) is 17.2. The fourth-order valence-electron chi connectivity index (χ4n) is 2.49. The van der Waals surface area contributed by atoms with Crippen molar-refractivity contribution in [2.75, 3.05) is 4.72 Å². The highest BCUT2D eigenvalue weighted by Gasteiger charge is 2.20. The highest BCUT2D eigenvalue weighted by molar-refractivity contribution is 7.94. The van der Waals surface area contributed by atoms with Crippen molar-refractivity contribution in [3.8, 4) is 10.6 Å². The van der Waals surface area contributed by atoms with Crippen molar-refractivity contribution in [1.29, 1.82) is 0 Å². The summed E-state index contributed by atoms with van der Waals surface area (Å²) >= 11 is 2.60. The van der Waals surface area contributed by atoms with Gasteiger partial charge in [-0.15, -0.1) is 22.7 Å². The number of esters is 1. The van der Waals surface area contributed by atoms with Crippen LogP contribution < -0.4 is 4.72 Å². The molecule has 0 unspecified atom stereocenters. The van der Waals surface area contributed by atoms with Gasteiger partial charge < -0.3 is 9.26 Å². The highest BCUT2D eigenvalue weighted by Crippen LogP contribution is 2.26. The summed E-state index contributed by atoms with van der Waals surface area (Å²) < 4.78 is 38.1. The Labute approximate surface area is 174 Å². The molecule has 0 bridgehead atoms. The maximum Gasteiger partial charge on any atom is 0.340 e. The number of nitrogens with one attached hydrogen (secondary N) is 1. The van der Waals surface area contributed by atoms with E-state index in [2.05, 4.69) is 9.88 Å². The Morgan fingerprint density at radius 3 is 2.62 bits per heavy atom. The van der Waals surface area contributed by atoms with E-state index in [1.807, 2.05) is 17.5 Å². The predicted molar refractivity (Wildman–Crippen MR) is 111 cm³/mol. The van der Waals surface area contributed by atoms with Crippen LogP contribution in [0.1, 0.15) is 16.1 Å². The normalized spacial score (nSPS) is 11.3. The first-order valence-electron chi connectivity index (χ1n) is 8.35. The largest absolute Gasteiger partial charge is 0.455 e. The van der Waals surface area contributed by atoms with Crippen LogP contribution in [0.5, 0.6) is 0 Å². The number of para-hydroxylation sites is 1. The van der Waals surface area contributed by atoms with Crippen molar-refractivity contribution in [3.05, 3.63) is 76.6 Å². The van der Waals surface area contributed by atoms with Gasteiger partial charge >= 0.3 is 5.97 Å². The number of benzene rings is 1. The van der Waals surface area contributed by atoms with Crippen molar-refractivity contribution < 1.29 is 22.5 Å². The molecule has 1 N–H and O–H groups in total. The topological polar surface area (TPSA) is 98.5 Å². The van der Waals surface area contributed by atoms with Gasteiger partial charge in [-0.25, -0.2) is 13.2 Å². The zero-order valence-electron chi connectivity index (χ0n) is 14.8. The molecule has 148 valence electrons. The van der Waals surface area contributed by atoms with E-state index >= 15 is 0 Å². The van der Waals surface area contributed by atoms with E-state index in [4.69, 9.17) is 9.26 Å². The summed E-state index contributed by atoms with van der Waals surface area (Å²) in [6.45, 7) is -0.0975. The van der Waals surface area contributed by atoms with E-state index in [9.17, 15) is 13.2 Å². The minimum atomic E-state index is -3.78. The average molecular weight is 447 g/mol. The monoisotopic (exact) mass is 446 g/mol. The van der Waals surface area contributed by atoms with E-state index in [0.717, 1.165) is 16.2 Å². The van der Waals surface area contributed by atoms with Crippen LogP contribution in [0.25, 0.3) is 10.6 Å². The summed E-state index contributed by atoms with van der Waals surface area (Å²) in [5.74, 6) is -0.0784. The van der Waals surface area contributed by atoms with Gasteiger partial charge in [-0.1, -0.05) is 29.4 Å². The lowest BCUT2D eigenvalue weighted by molar-refractivity contribution is 0.0465. The molecule has 0 saturated carbocycles. The van der Waals surface area contributed by atoms with Crippen molar-refractivity contribution in [1.82, 2.24) is 5.16 Å². The lowest BCUT2D eigenvalue weighted by Gasteiger charge is -2.11. The van der Waals surface area contributed by atoms with Crippen LogP contribution in [0.2, 0.25) is 0 Å². The van der Waals surface area contributed by atoms with Gasteiger partial charge in [-0.3, -0.25) is 4.72 Å². The first kappa shape index (κ1) is 19.4. The molecule has 0 atom stereocenters. The van der Waals surface area contributed by atoms with Crippen LogP contribution in [0, 0.1) is 0 Å². The summed E-state index contributed by atoms with van der Waals surface area (Å²) in [6.07, 6.45) is 0. The van der Waals surface area contributed by atoms with Gasteiger partial charge in [-0.05, 0) is 35.0 Å². The number of ether oxygens (including phenoxy) is 1. The zero-order chi connectivity index (χ0) is 20.3. The van der Waals surface area contributed by atoms with E-state index in [1.54, 1.807) is 29.6 Å². The van der Waals surface area contributed by atoms with Gasteiger partial charge in [-0.2, -0.15) is 0 Å². The Kier molecular flexibility index (Phi) is 5.47. The second-order valence-electron chi connectivity index (χ2n) is 5.82. The van der Waals surface area contributed by atoms with Gasteiger partial charge in [0.15, 0.2) is 5.76 Å². The Morgan fingerprint density at radius 1 is 1.07 bits per heavy atom. The second kappa shape index (κ2) is 8.19. The number of sulfonamides is 1. The molecule has 0 aliphatic heterocycles. The number of thiophene rings is 2. The Balaban J connectivity index is 1.47. The minimum Gasteiger partial charge on any atom is -0.455 e. The number of hydrogen-bond acceptors (Lipinski definition) is 8.